The Balaban J connectivity index is 1.30. The highest BCUT2D eigenvalue weighted by Gasteiger charge is 2.18. The van der Waals surface area contributed by atoms with E-state index >= 15 is 0 Å². The van der Waals surface area contributed by atoms with Gasteiger partial charge in [-0.15, -0.1) is 0 Å². The number of nitrogen functional groups attached to an aromatic ring is 1. The summed E-state index contributed by atoms with van der Waals surface area (Å²) in [6.45, 7) is 2.40. The summed E-state index contributed by atoms with van der Waals surface area (Å²) in [6.07, 6.45) is 5.36. The average Bonchev–Trinajstić information content (AvgIpc) is 3.45. The van der Waals surface area contributed by atoms with Crippen LogP contribution in [0.1, 0.15) is 21.5 Å². The number of benzene rings is 2. The molecule has 2 aromatic carbocycles. The van der Waals surface area contributed by atoms with E-state index in [2.05, 4.69) is 15.3 Å². The molecule has 4 aromatic heterocycles. The van der Waals surface area contributed by atoms with Crippen molar-refractivity contribution in [2.24, 2.45) is 7.05 Å². The summed E-state index contributed by atoms with van der Waals surface area (Å²) < 4.78 is 3.96. The molecule has 0 atom stereocenters. The molecule has 0 unspecified atom stereocenters. The normalized spacial score (nSPS) is 11.3. The predicted molar refractivity (Wildman–Crippen MR) is 145 cm³/mol. The zero-order valence-electron chi connectivity index (χ0n) is 20.5. The Morgan fingerprint density at radius 2 is 1.84 bits per heavy atom. The van der Waals surface area contributed by atoms with E-state index < -0.39 is 0 Å². The molecule has 3 N–H and O–H groups in total. The first-order valence-corrected chi connectivity index (χ1v) is 12.0. The summed E-state index contributed by atoms with van der Waals surface area (Å²) in [7, 11) is 1.95. The van der Waals surface area contributed by atoms with Crippen LogP contribution in [-0.4, -0.2) is 30.0 Å². The van der Waals surface area contributed by atoms with Gasteiger partial charge in [-0.05, 0) is 54.4 Å². The Labute approximate surface area is 213 Å². The van der Waals surface area contributed by atoms with E-state index in [0.29, 0.717) is 23.8 Å². The molecule has 37 heavy (non-hydrogen) atoms. The molecule has 8 heteroatoms. The number of hydrogen-bond donors (Lipinski definition) is 2. The maximum atomic E-state index is 12.9. The fourth-order valence-electron chi connectivity index (χ4n) is 4.66. The van der Waals surface area contributed by atoms with Crippen LogP contribution in [0.25, 0.3) is 39.1 Å². The Kier molecular flexibility index (Phi) is 5.41. The standard InChI is InChI=1S/C29H25N7O/c1-18-14-24-28(32-15-18)36(27(34-24)22-7-5-13-31-26(22)30)20-11-9-19(10-12-20)16-33-29(37)23-17-35(2)25-8-4-3-6-21(23)25/h3-15,17H,16H2,1-2H3,(H2,30,31)(H,33,37). The maximum Gasteiger partial charge on any atom is 0.253 e. The highest BCUT2D eigenvalue weighted by molar-refractivity contribution is 6.06. The smallest absolute Gasteiger partial charge is 0.253 e. The zero-order chi connectivity index (χ0) is 25.5. The largest absolute Gasteiger partial charge is 0.383 e. The molecule has 6 rings (SSSR count). The maximum absolute atomic E-state index is 12.9. The third kappa shape index (κ3) is 3.98. The van der Waals surface area contributed by atoms with E-state index in [-0.39, 0.29) is 5.91 Å². The lowest BCUT2D eigenvalue weighted by Gasteiger charge is -2.11. The van der Waals surface area contributed by atoms with Crippen LogP contribution in [-0.2, 0) is 13.6 Å². The van der Waals surface area contributed by atoms with Gasteiger partial charge in [0.1, 0.15) is 11.3 Å². The van der Waals surface area contributed by atoms with Crippen molar-refractivity contribution >= 4 is 33.8 Å². The van der Waals surface area contributed by atoms with Gasteiger partial charge >= 0.3 is 0 Å². The third-order valence-corrected chi connectivity index (χ3v) is 6.50. The summed E-state index contributed by atoms with van der Waals surface area (Å²) in [5.41, 5.74) is 13.1. The Morgan fingerprint density at radius 3 is 2.65 bits per heavy atom. The number of pyridine rings is 2. The minimum absolute atomic E-state index is 0.101. The molecule has 1 amide bonds. The lowest BCUT2D eigenvalue weighted by Crippen LogP contribution is -2.22. The molecule has 0 aliphatic rings. The van der Waals surface area contributed by atoms with Crippen LogP contribution in [0.3, 0.4) is 0 Å². The van der Waals surface area contributed by atoms with Crippen molar-refractivity contribution in [1.82, 2.24) is 29.4 Å². The van der Waals surface area contributed by atoms with Gasteiger partial charge in [-0.1, -0.05) is 30.3 Å². The van der Waals surface area contributed by atoms with Gasteiger partial charge in [0.05, 0.1) is 11.1 Å². The summed E-state index contributed by atoms with van der Waals surface area (Å²) >= 11 is 0. The second kappa shape index (κ2) is 8.91. The summed E-state index contributed by atoms with van der Waals surface area (Å²) in [5, 5.41) is 3.99. The van der Waals surface area contributed by atoms with E-state index in [9.17, 15) is 4.79 Å². The second-order valence-corrected chi connectivity index (χ2v) is 9.08. The predicted octanol–water partition coefficient (Wildman–Crippen LogP) is 4.79. The summed E-state index contributed by atoms with van der Waals surface area (Å²) in [4.78, 5) is 26.7. The Hall–Kier alpha value is -4.98. The molecule has 0 spiro atoms. The molecule has 0 radical (unpaired) electrons. The number of nitrogens with one attached hydrogen (secondary N) is 1. The zero-order valence-corrected chi connectivity index (χ0v) is 20.5. The topological polar surface area (TPSA) is 104 Å². The lowest BCUT2D eigenvalue weighted by atomic mass is 10.1. The van der Waals surface area contributed by atoms with Crippen LogP contribution in [0, 0.1) is 6.92 Å². The SMILES string of the molecule is Cc1cnc2c(c1)nc(-c1cccnc1N)n2-c1ccc(CNC(=O)c2cn(C)c3ccccc23)cc1. The molecule has 0 saturated heterocycles. The van der Waals surface area contributed by atoms with Crippen molar-refractivity contribution in [2.45, 2.75) is 13.5 Å². The monoisotopic (exact) mass is 487 g/mol. The average molecular weight is 488 g/mol. The first kappa shape index (κ1) is 22.5. The van der Waals surface area contributed by atoms with Crippen molar-refractivity contribution in [2.75, 3.05) is 5.73 Å². The van der Waals surface area contributed by atoms with Crippen molar-refractivity contribution in [3.63, 3.8) is 0 Å². The first-order valence-electron chi connectivity index (χ1n) is 12.0. The van der Waals surface area contributed by atoms with E-state index in [1.54, 1.807) is 6.20 Å². The van der Waals surface area contributed by atoms with Gasteiger partial charge in [0.25, 0.3) is 5.91 Å². The number of imidazole rings is 1. The number of carbonyl (C=O) groups excluding carboxylic acids is 1. The molecular formula is C29H25N7O. The van der Waals surface area contributed by atoms with Gasteiger partial charge in [-0.25, -0.2) is 15.0 Å². The van der Waals surface area contributed by atoms with Crippen LogP contribution >= 0.6 is 0 Å². The first-order chi connectivity index (χ1) is 18.0. The van der Waals surface area contributed by atoms with Gasteiger partial charge in [-0.2, -0.15) is 0 Å². The number of para-hydroxylation sites is 1. The number of carbonyl (C=O) groups is 1. The Morgan fingerprint density at radius 1 is 1.03 bits per heavy atom. The summed E-state index contributed by atoms with van der Waals surface area (Å²) in [5.74, 6) is 0.981. The number of nitrogens with zero attached hydrogens (tertiary/aromatic N) is 5. The highest BCUT2D eigenvalue weighted by atomic mass is 16.1. The van der Waals surface area contributed by atoms with Crippen molar-refractivity contribution < 1.29 is 4.79 Å². The molecule has 0 aliphatic carbocycles. The number of fused-ring (bicyclic) bond motifs is 2. The van der Waals surface area contributed by atoms with E-state index in [0.717, 1.165) is 44.4 Å². The van der Waals surface area contributed by atoms with Crippen LogP contribution in [0.2, 0.25) is 0 Å². The highest BCUT2D eigenvalue weighted by Crippen LogP contribution is 2.30. The van der Waals surface area contributed by atoms with Crippen LogP contribution in [0.15, 0.2) is 85.3 Å². The van der Waals surface area contributed by atoms with Crippen molar-refractivity contribution in [1.29, 1.82) is 0 Å². The van der Waals surface area contributed by atoms with E-state index in [4.69, 9.17) is 10.7 Å². The van der Waals surface area contributed by atoms with Gasteiger partial charge in [0, 0.05) is 48.8 Å². The number of aryl methyl sites for hydroxylation is 2. The van der Waals surface area contributed by atoms with Crippen LogP contribution in [0.5, 0.6) is 0 Å². The van der Waals surface area contributed by atoms with Crippen molar-refractivity contribution in [3.8, 4) is 17.1 Å². The minimum atomic E-state index is -0.101. The van der Waals surface area contributed by atoms with Crippen molar-refractivity contribution in [3.05, 3.63) is 102 Å². The molecule has 0 saturated carbocycles. The van der Waals surface area contributed by atoms with Crippen LogP contribution < -0.4 is 11.1 Å². The number of nitrogens with two attached hydrogens (primary N) is 1. The minimum Gasteiger partial charge on any atom is -0.383 e. The lowest BCUT2D eigenvalue weighted by molar-refractivity contribution is 0.0952. The number of aromatic nitrogens is 5. The fourth-order valence-corrected chi connectivity index (χ4v) is 4.66. The molecule has 6 aromatic rings. The summed E-state index contributed by atoms with van der Waals surface area (Å²) in [6, 6.07) is 21.6. The second-order valence-electron chi connectivity index (χ2n) is 9.08. The van der Waals surface area contributed by atoms with Gasteiger partial charge < -0.3 is 15.6 Å². The molecule has 0 bridgehead atoms. The van der Waals surface area contributed by atoms with Gasteiger partial charge in [-0.3, -0.25) is 9.36 Å². The Bertz CT molecular complexity index is 1780. The van der Waals surface area contributed by atoms with Gasteiger partial charge in [0.2, 0.25) is 0 Å². The van der Waals surface area contributed by atoms with E-state index in [1.165, 1.54) is 0 Å². The molecule has 4 heterocycles. The fraction of sp³-hybridized carbons (Fsp3) is 0.103. The van der Waals surface area contributed by atoms with E-state index in [1.807, 2.05) is 102 Å². The number of anilines is 1. The number of amides is 1. The number of hydrogen-bond acceptors (Lipinski definition) is 5. The quantitative estimate of drug-likeness (QED) is 0.364. The molecule has 182 valence electrons. The molecular weight excluding hydrogens is 462 g/mol. The molecule has 0 fully saturated rings. The van der Waals surface area contributed by atoms with Crippen LogP contribution in [0.4, 0.5) is 5.82 Å². The van der Waals surface area contributed by atoms with Gasteiger partial charge in [0.15, 0.2) is 11.5 Å². The molecule has 8 nitrogen and oxygen atoms in total. The third-order valence-electron chi connectivity index (χ3n) is 6.50. The number of rotatable bonds is 5. The molecule has 0 aliphatic heterocycles.